The van der Waals surface area contributed by atoms with Gasteiger partial charge in [0.2, 0.25) is 0 Å². The SMILES string of the molecule is CCCCc1c(CC)c2ccccc2c2ccccc12. The molecule has 0 unspecified atom stereocenters. The number of hydrogen-bond acceptors (Lipinski definition) is 0. The third kappa shape index (κ3) is 2.10. The molecule has 0 nitrogen and oxygen atoms in total. The Bertz CT molecular complexity index is 737. The number of fused-ring (bicyclic) bond motifs is 3. The first-order chi connectivity index (χ1) is 9.86. The standard InChI is InChI=1S/C20H22/c1-3-5-10-16-15(4-2)17-11-6-7-13-19(17)20-14-9-8-12-18(16)20/h6-9,11-14H,3-5,10H2,1-2H3. The van der Waals surface area contributed by atoms with Gasteiger partial charge in [-0.05, 0) is 51.9 Å². The highest BCUT2D eigenvalue weighted by atomic mass is 14.2. The van der Waals surface area contributed by atoms with E-state index in [2.05, 4.69) is 62.4 Å². The topological polar surface area (TPSA) is 0 Å². The van der Waals surface area contributed by atoms with Crippen LogP contribution < -0.4 is 0 Å². The lowest BCUT2D eigenvalue weighted by Gasteiger charge is -2.16. The van der Waals surface area contributed by atoms with Gasteiger partial charge >= 0.3 is 0 Å². The summed E-state index contributed by atoms with van der Waals surface area (Å²) in [6.45, 7) is 4.56. The van der Waals surface area contributed by atoms with Crippen molar-refractivity contribution in [1.29, 1.82) is 0 Å². The molecule has 0 spiro atoms. The van der Waals surface area contributed by atoms with Crippen molar-refractivity contribution in [2.24, 2.45) is 0 Å². The van der Waals surface area contributed by atoms with Crippen molar-refractivity contribution in [1.82, 2.24) is 0 Å². The molecule has 0 aliphatic heterocycles. The zero-order chi connectivity index (χ0) is 13.9. The van der Waals surface area contributed by atoms with Crippen LogP contribution in [0.25, 0.3) is 21.5 Å². The van der Waals surface area contributed by atoms with Gasteiger partial charge in [-0.3, -0.25) is 0 Å². The molecular formula is C20H22. The highest BCUT2D eigenvalue weighted by molar-refractivity contribution is 6.10. The molecule has 0 amide bonds. The Morgan fingerprint density at radius 3 is 1.65 bits per heavy atom. The van der Waals surface area contributed by atoms with Crippen molar-refractivity contribution >= 4 is 21.5 Å². The summed E-state index contributed by atoms with van der Waals surface area (Å²) >= 11 is 0. The fourth-order valence-corrected chi connectivity index (χ4v) is 3.33. The van der Waals surface area contributed by atoms with Crippen LogP contribution in [0.4, 0.5) is 0 Å². The second-order valence-electron chi connectivity index (χ2n) is 5.51. The summed E-state index contributed by atoms with van der Waals surface area (Å²) in [4.78, 5) is 0. The fraction of sp³-hybridized carbons (Fsp3) is 0.300. The molecular weight excluding hydrogens is 240 g/mol. The van der Waals surface area contributed by atoms with Crippen molar-refractivity contribution in [2.75, 3.05) is 0 Å². The molecule has 0 aromatic heterocycles. The van der Waals surface area contributed by atoms with Gasteiger partial charge in [0, 0.05) is 0 Å². The van der Waals surface area contributed by atoms with Gasteiger partial charge in [-0.1, -0.05) is 68.8 Å². The van der Waals surface area contributed by atoms with E-state index in [0.717, 1.165) is 6.42 Å². The second-order valence-corrected chi connectivity index (χ2v) is 5.51. The van der Waals surface area contributed by atoms with Crippen LogP contribution in [0, 0.1) is 0 Å². The minimum Gasteiger partial charge on any atom is -0.0654 e. The molecule has 0 saturated heterocycles. The van der Waals surface area contributed by atoms with Crippen LogP contribution in [0.15, 0.2) is 48.5 Å². The summed E-state index contributed by atoms with van der Waals surface area (Å²) in [6.07, 6.45) is 4.84. The van der Waals surface area contributed by atoms with E-state index >= 15 is 0 Å². The maximum Gasteiger partial charge on any atom is -0.0102 e. The summed E-state index contributed by atoms with van der Waals surface area (Å²) in [5.41, 5.74) is 3.12. The zero-order valence-electron chi connectivity index (χ0n) is 12.4. The fourth-order valence-electron chi connectivity index (χ4n) is 3.33. The molecule has 0 bridgehead atoms. The van der Waals surface area contributed by atoms with E-state index in [4.69, 9.17) is 0 Å². The highest BCUT2D eigenvalue weighted by Gasteiger charge is 2.11. The Morgan fingerprint density at radius 2 is 1.15 bits per heavy atom. The average molecular weight is 262 g/mol. The van der Waals surface area contributed by atoms with Gasteiger partial charge in [-0.25, -0.2) is 0 Å². The van der Waals surface area contributed by atoms with E-state index in [-0.39, 0.29) is 0 Å². The van der Waals surface area contributed by atoms with Crippen LogP contribution >= 0.6 is 0 Å². The number of rotatable bonds is 4. The monoisotopic (exact) mass is 262 g/mol. The largest absolute Gasteiger partial charge is 0.0654 e. The lowest BCUT2D eigenvalue weighted by Crippen LogP contribution is -1.97. The molecule has 3 aromatic carbocycles. The lowest BCUT2D eigenvalue weighted by atomic mass is 9.88. The normalized spacial score (nSPS) is 11.3. The van der Waals surface area contributed by atoms with Gasteiger partial charge in [-0.15, -0.1) is 0 Å². The Morgan fingerprint density at radius 1 is 0.650 bits per heavy atom. The average Bonchev–Trinajstić information content (AvgIpc) is 2.52. The molecule has 0 N–H and O–H groups in total. The van der Waals surface area contributed by atoms with Crippen molar-refractivity contribution in [3.8, 4) is 0 Å². The van der Waals surface area contributed by atoms with E-state index in [0.29, 0.717) is 0 Å². The van der Waals surface area contributed by atoms with Gasteiger partial charge in [-0.2, -0.15) is 0 Å². The lowest BCUT2D eigenvalue weighted by molar-refractivity contribution is 0.793. The molecule has 0 fully saturated rings. The molecule has 102 valence electrons. The van der Waals surface area contributed by atoms with Crippen molar-refractivity contribution in [3.63, 3.8) is 0 Å². The summed E-state index contributed by atoms with van der Waals surface area (Å²) in [6, 6.07) is 17.8. The van der Waals surface area contributed by atoms with Crippen molar-refractivity contribution in [2.45, 2.75) is 39.5 Å². The summed E-state index contributed by atoms with van der Waals surface area (Å²) in [5, 5.41) is 5.71. The van der Waals surface area contributed by atoms with Gasteiger partial charge < -0.3 is 0 Å². The molecule has 0 heteroatoms. The van der Waals surface area contributed by atoms with Crippen molar-refractivity contribution < 1.29 is 0 Å². The van der Waals surface area contributed by atoms with Crippen LogP contribution in [0.5, 0.6) is 0 Å². The number of hydrogen-bond donors (Lipinski definition) is 0. The van der Waals surface area contributed by atoms with Crippen LogP contribution in [0.1, 0.15) is 37.8 Å². The predicted molar refractivity (Wildman–Crippen MR) is 89.4 cm³/mol. The van der Waals surface area contributed by atoms with Gasteiger partial charge in [0.05, 0.1) is 0 Å². The Labute approximate surface area is 121 Å². The molecule has 0 aliphatic rings. The number of unbranched alkanes of at least 4 members (excludes halogenated alkanes) is 1. The maximum absolute atomic E-state index is 2.30. The Balaban J connectivity index is 2.42. The molecule has 3 rings (SSSR count). The second kappa shape index (κ2) is 5.66. The number of aryl methyl sites for hydroxylation is 2. The van der Waals surface area contributed by atoms with E-state index in [1.165, 1.54) is 40.8 Å². The molecule has 0 aliphatic carbocycles. The van der Waals surface area contributed by atoms with E-state index in [1.54, 1.807) is 11.1 Å². The summed E-state index contributed by atoms with van der Waals surface area (Å²) in [5.74, 6) is 0. The van der Waals surface area contributed by atoms with E-state index in [1.807, 2.05) is 0 Å². The highest BCUT2D eigenvalue weighted by Crippen LogP contribution is 2.34. The van der Waals surface area contributed by atoms with Crippen LogP contribution in [-0.2, 0) is 12.8 Å². The molecule has 0 atom stereocenters. The summed E-state index contributed by atoms with van der Waals surface area (Å²) < 4.78 is 0. The zero-order valence-corrected chi connectivity index (χ0v) is 12.4. The first kappa shape index (κ1) is 13.2. The minimum absolute atomic E-state index is 1.12. The molecule has 0 heterocycles. The van der Waals surface area contributed by atoms with E-state index in [9.17, 15) is 0 Å². The van der Waals surface area contributed by atoms with E-state index < -0.39 is 0 Å². The smallest absolute Gasteiger partial charge is 0.0102 e. The molecule has 20 heavy (non-hydrogen) atoms. The first-order valence-corrected chi connectivity index (χ1v) is 7.78. The molecule has 0 radical (unpaired) electrons. The molecule has 3 aromatic rings. The maximum atomic E-state index is 2.30. The third-order valence-electron chi connectivity index (χ3n) is 4.29. The van der Waals surface area contributed by atoms with Crippen molar-refractivity contribution in [3.05, 3.63) is 59.7 Å². The molecule has 0 saturated carbocycles. The predicted octanol–water partition coefficient (Wildman–Crippen LogP) is 5.90. The van der Waals surface area contributed by atoms with Gasteiger partial charge in [0.15, 0.2) is 0 Å². The van der Waals surface area contributed by atoms with Crippen LogP contribution in [0.2, 0.25) is 0 Å². The quantitative estimate of drug-likeness (QED) is 0.514. The van der Waals surface area contributed by atoms with Crippen LogP contribution in [0.3, 0.4) is 0 Å². The third-order valence-corrected chi connectivity index (χ3v) is 4.29. The Hall–Kier alpha value is -1.82. The summed E-state index contributed by atoms with van der Waals surface area (Å²) in [7, 11) is 0. The first-order valence-electron chi connectivity index (χ1n) is 7.78. The van der Waals surface area contributed by atoms with Crippen LogP contribution in [-0.4, -0.2) is 0 Å². The Kier molecular flexibility index (Phi) is 3.73. The van der Waals surface area contributed by atoms with Gasteiger partial charge in [0.1, 0.15) is 0 Å². The number of benzene rings is 3. The minimum atomic E-state index is 1.12. The van der Waals surface area contributed by atoms with Gasteiger partial charge in [0.25, 0.3) is 0 Å².